The summed E-state index contributed by atoms with van der Waals surface area (Å²) in [5.41, 5.74) is 0. The summed E-state index contributed by atoms with van der Waals surface area (Å²) in [4.78, 5) is 12.7. The molecule has 1 heterocycles. The number of unbranched alkanes of at least 4 members (excludes halogenated alkanes) is 9. The third-order valence-electron chi connectivity index (χ3n) is 9.72. The summed E-state index contributed by atoms with van der Waals surface area (Å²) in [5.74, 6) is -0.447. The minimum Gasteiger partial charge on any atom is -0.457 e. The molecule has 0 aromatic heterocycles. The molecule has 6 unspecified atom stereocenters. The van der Waals surface area contributed by atoms with Crippen LogP contribution in [0.1, 0.15) is 142 Å². The summed E-state index contributed by atoms with van der Waals surface area (Å²) in [7, 11) is 0. The van der Waals surface area contributed by atoms with Gasteiger partial charge in [0, 0.05) is 6.61 Å². The number of ether oxygens (including phenoxy) is 4. The standard InChI is InChI=1S/C51H82O9/c1-3-5-7-9-11-13-15-17-19-20-21-22-23-24-25-27-29-31-33-35-37-39-41-57-43-45(44-58-51-50(56)49(55)48(54)46(42-52)60-51)59-47(53)40-38-36-34-32-30-28-26-18-16-14-12-10-8-6-4-2/h5-8,11-14,17-19,21-22,26,30,32,36,38,45-46,48-52,54-56H,3-4,9-10,15-16,20,23-25,27-29,31,33-35,37,39-44H2,1-2H3/b7-5-,8-6-,13-11-,14-12-,19-17-,22-21-,26-18-,32-30-,38-36-. The Labute approximate surface area is 364 Å². The average molecular weight is 839 g/mol. The lowest BCUT2D eigenvalue weighted by Crippen LogP contribution is -2.59. The molecule has 0 saturated carbocycles. The number of carbonyl (C=O) groups is 1. The van der Waals surface area contributed by atoms with Crippen LogP contribution in [0.4, 0.5) is 0 Å². The van der Waals surface area contributed by atoms with Gasteiger partial charge in [0.1, 0.15) is 30.5 Å². The molecule has 9 nitrogen and oxygen atoms in total. The molecule has 1 saturated heterocycles. The minimum atomic E-state index is -1.56. The molecule has 0 amide bonds. The highest BCUT2D eigenvalue weighted by Gasteiger charge is 2.44. The van der Waals surface area contributed by atoms with Crippen molar-refractivity contribution >= 4 is 5.97 Å². The average Bonchev–Trinajstić information content (AvgIpc) is 3.25. The van der Waals surface area contributed by atoms with Crippen molar-refractivity contribution in [3.63, 3.8) is 0 Å². The molecule has 60 heavy (non-hydrogen) atoms. The summed E-state index contributed by atoms with van der Waals surface area (Å²) in [6.45, 7) is 4.17. The Balaban J connectivity index is 2.30. The van der Waals surface area contributed by atoms with E-state index in [9.17, 15) is 25.2 Å². The minimum absolute atomic E-state index is 0.0787. The van der Waals surface area contributed by atoms with Crippen LogP contribution in [0.25, 0.3) is 0 Å². The number of hydrogen-bond acceptors (Lipinski definition) is 9. The van der Waals surface area contributed by atoms with Gasteiger partial charge in [-0.25, -0.2) is 0 Å². The largest absolute Gasteiger partial charge is 0.457 e. The highest BCUT2D eigenvalue weighted by atomic mass is 16.7. The Morgan fingerprint density at radius 3 is 1.45 bits per heavy atom. The number of allylic oxidation sites excluding steroid dienone is 17. The highest BCUT2D eigenvalue weighted by molar-refractivity contribution is 5.71. The molecule has 1 fully saturated rings. The zero-order valence-corrected chi connectivity index (χ0v) is 37.2. The normalized spacial score (nSPS) is 21.1. The van der Waals surface area contributed by atoms with Gasteiger partial charge in [-0.3, -0.25) is 4.79 Å². The van der Waals surface area contributed by atoms with Crippen LogP contribution >= 0.6 is 0 Å². The van der Waals surface area contributed by atoms with Gasteiger partial charge >= 0.3 is 5.97 Å². The van der Waals surface area contributed by atoms with Crippen molar-refractivity contribution in [3.8, 4) is 0 Å². The van der Waals surface area contributed by atoms with E-state index in [1.165, 1.54) is 38.5 Å². The van der Waals surface area contributed by atoms with Gasteiger partial charge in [0.25, 0.3) is 0 Å². The van der Waals surface area contributed by atoms with Gasteiger partial charge < -0.3 is 39.4 Å². The van der Waals surface area contributed by atoms with Gasteiger partial charge in [-0.05, 0) is 77.0 Å². The van der Waals surface area contributed by atoms with E-state index >= 15 is 0 Å². The zero-order valence-electron chi connectivity index (χ0n) is 37.2. The molecule has 0 spiro atoms. The molecular formula is C51H82O9. The number of hydrogen-bond donors (Lipinski definition) is 4. The SMILES string of the molecule is CC/C=C\C/C=C\C/C=C\C/C=C\C/C=C\CC(=O)OC(COCCCCCCCCCCC/C=C\C/C=C\C/C=C\C/C=C\CC)COC1OC(CO)C(O)C(O)C1O. The summed E-state index contributed by atoms with van der Waals surface area (Å²) < 4.78 is 22.7. The summed E-state index contributed by atoms with van der Waals surface area (Å²) in [6.07, 6.45) is 51.4. The number of rotatable bonds is 37. The lowest BCUT2D eigenvalue weighted by molar-refractivity contribution is -0.305. The van der Waals surface area contributed by atoms with Crippen molar-refractivity contribution in [3.05, 3.63) is 109 Å². The van der Waals surface area contributed by atoms with Crippen molar-refractivity contribution in [2.75, 3.05) is 26.4 Å². The Kier molecular flexibility index (Phi) is 37.7. The van der Waals surface area contributed by atoms with E-state index in [0.29, 0.717) is 13.0 Å². The van der Waals surface area contributed by atoms with Crippen LogP contribution in [-0.4, -0.2) is 89.6 Å². The first-order valence-corrected chi connectivity index (χ1v) is 23.0. The van der Waals surface area contributed by atoms with E-state index in [-0.39, 0.29) is 19.6 Å². The smallest absolute Gasteiger partial charge is 0.310 e. The zero-order chi connectivity index (χ0) is 43.6. The Morgan fingerprint density at radius 2 is 0.967 bits per heavy atom. The number of esters is 1. The van der Waals surface area contributed by atoms with E-state index in [1.807, 2.05) is 6.08 Å². The first kappa shape index (κ1) is 54.9. The molecule has 6 atom stereocenters. The highest BCUT2D eigenvalue weighted by Crippen LogP contribution is 2.22. The molecular weight excluding hydrogens is 757 g/mol. The van der Waals surface area contributed by atoms with Crippen LogP contribution in [-0.2, 0) is 23.7 Å². The third-order valence-corrected chi connectivity index (χ3v) is 9.72. The number of aliphatic hydroxyl groups is 4. The summed E-state index contributed by atoms with van der Waals surface area (Å²) in [6, 6.07) is 0. The van der Waals surface area contributed by atoms with Gasteiger partial charge in [-0.15, -0.1) is 0 Å². The van der Waals surface area contributed by atoms with Gasteiger partial charge in [-0.2, -0.15) is 0 Å². The Morgan fingerprint density at radius 1 is 0.533 bits per heavy atom. The predicted molar refractivity (Wildman–Crippen MR) is 246 cm³/mol. The van der Waals surface area contributed by atoms with Crippen molar-refractivity contribution in [1.29, 1.82) is 0 Å². The number of aliphatic hydroxyl groups excluding tert-OH is 4. The molecule has 0 aromatic rings. The first-order chi connectivity index (χ1) is 29.4. The van der Waals surface area contributed by atoms with E-state index < -0.39 is 49.4 Å². The predicted octanol–water partition coefficient (Wildman–Crippen LogP) is 10.6. The monoisotopic (exact) mass is 839 g/mol. The van der Waals surface area contributed by atoms with E-state index in [4.69, 9.17) is 18.9 Å². The Bertz CT molecular complexity index is 1270. The van der Waals surface area contributed by atoms with Crippen molar-refractivity contribution < 1.29 is 44.2 Å². The molecule has 9 heteroatoms. The lowest BCUT2D eigenvalue weighted by atomic mass is 9.99. The molecule has 4 N–H and O–H groups in total. The van der Waals surface area contributed by atoms with Gasteiger partial charge in [0.15, 0.2) is 6.29 Å². The Hall–Kier alpha value is -3.15. The molecule has 0 aromatic carbocycles. The second kappa shape index (κ2) is 41.2. The van der Waals surface area contributed by atoms with Gasteiger partial charge in [0.05, 0.1) is 26.2 Å². The van der Waals surface area contributed by atoms with Crippen LogP contribution in [0.5, 0.6) is 0 Å². The molecule has 1 rings (SSSR count). The molecule has 340 valence electrons. The summed E-state index contributed by atoms with van der Waals surface area (Å²) in [5, 5.41) is 40.1. The molecule has 0 bridgehead atoms. The van der Waals surface area contributed by atoms with Crippen molar-refractivity contribution in [2.24, 2.45) is 0 Å². The van der Waals surface area contributed by atoms with Gasteiger partial charge in [-0.1, -0.05) is 168 Å². The molecule has 1 aliphatic heterocycles. The second-order valence-electron chi connectivity index (χ2n) is 15.1. The van der Waals surface area contributed by atoms with Crippen LogP contribution in [0.2, 0.25) is 0 Å². The summed E-state index contributed by atoms with van der Waals surface area (Å²) >= 11 is 0. The maximum atomic E-state index is 12.7. The van der Waals surface area contributed by atoms with Crippen molar-refractivity contribution in [1.82, 2.24) is 0 Å². The van der Waals surface area contributed by atoms with Crippen molar-refractivity contribution in [2.45, 2.75) is 179 Å². The fourth-order valence-corrected chi connectivity index (χ4v) is 6.20. The van der Waals surface area contributed by atoms with E-state index in [0.717, 1.165) is 77.0 Å². The topological polar surface area (TPSA) is 135 Å². The van der Waals surface area contributed by atoms with Gasteiger partial charge in [0.2, 0.25) is 0 Å². The fraction of sp³-hybridized carbons (Fsp3) is 0.627. The lowest BCUT2D eigenvalue weighted by Gasteiger charge is -2.39. The second-order valence-corrected chi connectivity index (χ2v) is 15.1. The third kappa shape index (κ3) is 31.7. The molecule has 0 radical (unpaired) electrons. The fourth-order valence-electron chi connectivity index (χ4n) is 6.20. The van der Waals surface area contributed by atoms with E-state index in [1.54, 1.807) is 6.08 Å². The number of carbonyl (C=O) groups excluding carboxylic acids is 1. The van der Waals surface area contributed by atoms with E-state index in [2.05, 4.69) is 111 Å². The molecule has 0 aliphatic carbocycles. The maximum Gasteiger partial charge on any atom is 0.310 e. The quantitative estimate of drug-likeness (QED) is 0.0274. The van der Waals surface area contributed by atoms with Crippen LogP contribution in [0.15, 0.2) is 109 Å². The first-order valence-electron chi connectivity index (χ1n) is 23.0. The molecule has 1 aliphatic rings. The van der Waals surface area contributed by atoms with Crippen LogP contribution in [0.3, 0.4) is 0 Å². The maximum absolute atomic E-state index is 12.7. The van der Waals surface area contributed by atoms with Crippen LogP contribution in [0, 0.1) is 0 Å². The van der Waals surface area contributed by atoms with Crippen LogP contribution < -0.4 is 0 Å².